The zero-order valence-electron chi connectivity index (χ0n) is 12.0. The standard InChI is InChI=1S/C17H15BrO4/c1-21-16-8-7-12(9-14(16)18)10-17(20)22-11-15(19)13-5-3-2-4-6-13/h2-9H,10-11H2,1H3. The summed E-state index contributed by atoms with van der Waals surface area (Å²) in [7, 11) is 1.57. The van der Waals surface area contributed by atoms with Crippen molar-refractivity contribution in [3.05, 3.63) is 64.1 Å². The molecule has 0 saturated carbocycles. The van der Waals surface area contributed by atoms with Gasteiger partial charge < -0.3 is 9.47 Å². The van der Waals surface area contributed by atoms with Crippen LogP contribution in [0.1, 0.15) is 15.9 Å². The summed E-state index contributed by atoms with van der Waals surface area (Å²) in [5, 5.41) is 0. The minimum Gasteiger partial charge on any atom is -0.496 e. The molecule has 0 fully saturated rings. The third-order valence-electron chi connectivity index (χ3n) is 3.02. The van der Waals surface area contributed by atoms with Gasteiger partial charge in [-0.15, -0.1) is 0 Å². The summed E-state index contributed by atoms with van der Waals surface area (Å²) in [4.78, 5) is 23.6. The lowest BCUT2D eigenvalue weighted by Crippen LogP contribution is -2.15. The van der Waals surface area contributed by atoms with Crippen molar-refractivity contribution in [2.45, 2.75) is 6.42 Å². The Hall–Kier alpha value is -2.14. The van der Waals surface area contributed by atoms with Crippen LogP contribution in [-0.4, -0.2) is 25.5 Å². The molecule has 0 N–H and O–H groups in total. The van der Waals surface area contributed by atoms with Gasteiger partial charge in [0, 0.05) is 5.56 Å². The van der Waals surface area contributed by atoms with Gasteiger partial charge in [0.15, 0.2) is 12.4 Å². The Morgan fingerprint density at radius 3 is 2.45 bits per heavy atom. The third kappa shape index (κ3) is 4.43. The highest BCUT2D eigenvalue weighted by molar-refractivity contribution is 9.10. The SMILES string of the molecule is COc1ccc(CC(=O)OCC(=O)c2ccccc2)cc1Br. The molecule has 114 valence electrons. The van der Waals surface area contributed by atoms with Crippen molar-refractivity contribution in [2.75, 3.05) is 13.7 Å². The molecule has 0 bridgehead atoms. The molecule has 2 aromatic carbocycles. The van der Waals surface area contributed by atoms with Gasteiger partial charge in [0.2, 0.25) is 0 Å². The van der Waals surface area contributed by atoms with Crippen molar-refractivity contribution in [3.63, 3.8) is 0 Å². The second-order valence-corrected chi connectivity index (χ2v) is 5.45. The van der Waals surface area contributed by atoms with Crippen LogP contribution >= 0.6 is 15.9 Å². The molecule has 0 spiro atoms. The van der Waals surface area contributed by atoms with E-state index in [4.69, 9.17) is 9.47 Å². The van der Waals surface area contributed by atoms with Gasteiger partial charge in [-0.05, 0) is 33.6 Å². The van der Waals surface area contributed by atoms with E-state index in [9.17, 15) is 9.59 Å². The van der Waals surface area contributed by atoms with E-state index in [1.165, 1.54) is 0 Å². The fourth-order valence-corrected chi connectivity index (χ4v) is 2.48. The maximum absolute atomic E-state index is 11.8. The van der Waals surface area contributed by atoms with Crippen LogP contribution < -0.4 is 4.74 Å². The van der Waals surface area contributed by atoms with E-state index < -0.39 is 5.97 Å². The van der Waals surface area contributed by atoms with Crippen LogP contribution in [0.2, 0.25) is 0 Å². The Labute approximate surface area is 137 Å². The van der Waals surface area contributed by atoms with Crippen LogP contribution in [0, 0.1) is 0 Å². The number of hydrogen-bond donors (Lipinski definition) is 0. The molecule has 0 atom stereocenters. The number of methoxy groups -OCH3 is 1. The van der Waals surface area contributed by atoms with Gasteiger partial charge >= 0.3 is 5.97 Å². The smallest absolute Gasteiger partial charge is 0.310 e. The lowest BCUT2D eigenvalue weighted by atomic mass is 10.1. The van der Waals surface area contributed by atoms with Crippen molar-refractivity contribution >= 4 is 27.7 Å². The Balaban J connectivity index is 1.88. The molecule has 5 heteroatoms. The number of hydrogen-bond acceptors (Lipinski definition) is 4. The van der Waals surface area contributed by atoms with Crippen molar-refractivity contribution in [1.29, 1.82) is 0 Å². The number of benzene rings is 2. The van der Waals surface area contributed by atoms with E-state index in [1.54, 1.807) is 49.6 Å². The maximum Gasteiger partial charge on any atom is 0.310 e. The lowest BCUT2D eigenvalue weighted by molar-refractivity contribution is -0.141. The first-order valence-electron chi connectivity index (χ1n) is 6.66. The van der Waals surface area contributed by atoms with Gasteiger partial charge in [-0.3, -0.25) is 9.59 Å². The average molecular weight is 363 g/mol. The number of ether oxygens (including phenoxy) is 2. The van der Waals surface area contributed by atoms with Crippen molar-refractivity contribution < 1.29 is 19.1 Å². The summed E-state index contributed by atoms with van der Waals surface area (Å²) in [6, 6.07) is 14.1. The molecular weight excluding hydrogens is 348 g/mol. The topological polar surface area (TPSA) is 52.6 Å². The normalized spacial score (nSPS) is 10.1. The molecule has 0 saturated heterocycles. The summed E-state index contributed by atoms with van der Waals surface area (Å²) in [5.74, 6) is 0.0302. The number of carbonyl (C=O) groups is 2. The first-order chi connectivity index (χ1) is 10.6. The fraction of sp³-hybridized carbons (Fsp3) is 0.176. The van der Waals surface area contributed by atoms with Gasteiger partial charge in [0.05, 0.1) is 18.0 Å². The highest BCUT2D eigenvalue weighted by atomic mass is 79.9. The Bertz CT molecular complexity index is 668. The molecule has 0 radical (unpaired) electrons. The lowest BCUT2D eigenvalue weighted by Gasteiger charge is -2.07. The average Bonchev–Trinajstić information content (AvgIpc) is 2.53. The molecular formula is C17H15BrO4. The van der Waals surface area contributed by atoms with Crippen molar-refractivity contribution in [2.24, 2.45) is 0 Å². The van der Waals surface area contributed by atoms with Gasteiger partial charge in [-0.2, -0.15) is 0 Å². The first-order valence-corrected chi connectivity index (χ1v) is 7.45. The number of ketones is 1. The van der Waals surface area contributed by atoms with Crippen LogP contribution in [0.5, 0.6) is 5.75 Å². The van der Waals surface area contributed by atoms with Crippen LogP contribution in [0.25, 0.3) is 0 Å². The molecule has 0 aliphatic carbocycles. The molecule has 0 heterocycles. The molecule has 22 heavy (non-hydrogen) atoms. The Morgan fingerprint density at radius 2 is 1.82 bits per heavy atom. The van der Waals surface area contributed by atoms with E-state index in [-0.39, 0.29) is 18.8 Å². The molecule has 2 rings (SSSR count). The molecule has 4 nitrogen and oxygen atoms in total. The maximum atomic E-state index is 11.8. The molecule has 0 aliphatic heterocycles. The van der Waals surface area contributed by atoms with E-state index in [1.807, 2.05) is 6.07 Å². The highest BCUT2D eigenvalue weighted by Gasteiger charge is 2.11. The first kappa shape index (κ1) is 16.2. The van der Waals surface area contributed by atoms with Crippen LogP contribution in [0.3, 0.4) is 0 Å². The minimum absolute atomic E-state index is 0.102. The van der Waals surface area contributed by atoms with Crippen LogP contribution in [0.4, 0.5) is 0 Å². The summed E-state index contributed by atoms with van der Waals surface area (Å²) in [6.07, 6.45) is 0.102. The molecule has 0 aliphatic rings. The van der Waals surface area contributed by atoms with Gasteiger partial charge in [-0.1, -0.05) is 36.4 Å². The fourth-order valence-electron chi connectivity index (χ4n) is 1.89. The second-order valence-electron chi connectivity index (χ2n) is 4.60. The van der Waals surface area contributed by atoms with Crippen molar-refractivity contribution in [3.8, 4) is 5.75 Å². The Morgan fingerprint density at radius 1 is 1.09 bits per heavy atom. The van der Waals surface area contributed by atoms with E-state index >= 15 is 0 Å². The predicted octanol–water partition coefficient (Wildman–Crippen LogP) is 3.43. The van der Waals surface area contributed by atoms with Crippen LogP contribution in [0.15, 0.2) is 53.0 Å². The molecule has 0 amide bonds. The van der Waals surface area contributed by atoms with Gasteiger partial charge in [0.25, 0.3) is 0 Å². The number of esters is 1. The summed E-state index contributed by atoms with van der Waals surface area (Å²) in [5.41, 5.74) is 1.31. The van der Waals surface area contributed by atoms with E-state index in [0.717, 1.165) is 10.0 Å². The predicted molar refractivity (Wildman–Crippen MR) is 86.1 cm³/mol. The quantitative estimate of drug-likeness (QED) is 0.583. The highest BCUT2D eigenvalue weighted by Crippen LogP contribution is 2.25. The summed E-state index contributed by atoms with van der Waals surface area (Å²) in [6.45, 7) is -0.250. The van der Waals surface area contributed by atoms with Crippen LogP contribution in [-0.2, 0) is 16.0 Å². The van der Waals surface area contributed by atoms with E-state index in [0.29, 0.717) is 11.3 Å². The number of Topliss-reactive ketones (excluding diaryl/α,β-unsaturated/α-hetero) is 1. The van der Waals surface area contributed by atoms with Gasteiger partial charge in [0.1, 0.15) is 5.75 Å². The zero-order chi connectivity index (χ0) is 15.9. The van der Waals surface area contributed by atoms with Crippen molar-refractivity contribution in [1.82, 2.24) is 0 Å². The molecule has 0 aromatic heterocycles. The third-order valence-corrected chi connectivity index (χ3v) is 3.64. The molecule has 2 aromatic rings. The zero-order valence-corrected chi connectivity index (χ0v) is 13.6. The number of halogens is 1. The van der Waals surface area contributed by atoms with Gasteiger partial charge in [-0.25, -0.2) is 0 Å². The van der Waals surface area contributed by atoms with E-state index in [2.05, 4.69) is 15.9 Å². The molecule has 0 unspecified atom stereocenters. The minimum atomic E-state index is -0.443. The Kier molecular flexibility index (Phi) is 5.72. The second kappa shape index (κ2) is 7.75. The summed E-state index contributed by atoms with van der Waals surface area (Å²) >= 11 is 3.36. The number of rotatable bonds is 6. The monoisotopic (exact) mass is 362 g/mol. The number of carbonyl (C=O) groups excluding carboxylic acids is 2. The summed E-state index contributed by atoms with van der Waals surface area (Å²) < 4.78 is 10.9. The largest absolute Gasteiger partial charge is 0.496 e.